The number of nitrogens with one attached hydrogen (secondary N) is 1. The first-order chi connectivity index (χ1) is 9.19. The Morgan fingerprint density at radius 1 is 1.16 bits per heavy atom. The first kappa shape index (κ1) is 11.6. The van der Waals surface area contributed by atoms with Gasteiger partial charge in [0.2, 0.25) is 0 Å². The predicted molar refractivity (Wildman–Crippen MR) is 75.2 cm³/mol. The highest BCUT2D eigenvalue weighted by molar-refractivity contribution is 5.89. The second kappa shape index (κ2) is 4.31. The number of hydrogen-bond donors (Lipinski definition) is 1. The number of ether oxygens (including phenoxy) is 1. The molecule has 4 heteroatoms. The molecule has 1 N–H and O–H groups in total. The Hall–Kier alpha value is -2.49. The molecule has 0 saturated carbocycles. The van der Waals surface area contributed by atoms with Crippen LogP contribution in [0, 0.1) is 6.92 Å². The maximum atomic E-state index is 11.4. The molecule has 0 saturated heterocycles. The number of methoxy groups -OCH3 is 1. The SMILES string of the molecule is COc1cccc2cc(-n3[nH]c(=O)cc3C)ccc12. The number of benzene rings is 2. The number of aromatic amines is 1. The van der Waals surface area contributed by atoms with Crippen molar-refractivity contribution in [2.24, 2.45) is 0 Å². The van der Waals surface area contributed by atoms with Gasteiger partial charge in [0.15, 0.2) is 0 Å². The zero-order chi connectivity index (χ0) is 13.4. The molecule has 19 heavy (non-hydrogen) atoms. The van der Waals surface area contributed by atoms with Gasteiger partial charge < -0.3 is 4.74 Å². The molecule has 0 aliphatic carbocycles. The fraction of sp³-hybridized carbons (Fsp3) is 0.133. The van der Waals surface area contributed by atoms with Gasteiger partial charge in [-0.25, -0.2) is 0 Å². The second-order valence-corrected chi connectivity index (χ2v) is 4.46. The van der Waals surface area contributed by atoms with Crippen LogP contribution in [0.2, 0.25) is 0 Å². The van der Waals surface area contributed by atoms with Gasteiger partial charge >= 0.3 is 0 Å². The molecule has 3 rings (SSSR count). The van der Waals surface area contributed by atoms with E-state index in [4.69, 9.17) is 4.74 Å². The Morgan fingerprint density at radius 2 is 2.00 bits per heavy atom. The highest BCUT2D eigenvalue weighted by Crippen LogP contribution is 2.27. The van der Waals surface area contributed by atoms with E-state index in [1.54, 1.807) is 17.9 Å². The minimum atomic E-state index is -0.0942. The predicted octanol–water partition coefficient (Wildman–Crippen LogP) is 2.64. The molecule has 0 amide bonds. The molecule has 1 aromatic heterocycles. The number of fused-ring (bicyclic) bond motifs is 1. The minimum absolute atomic E-state index is 0.0942. The molecule has 4 nitrogen and oxygen atoms in total. The molecule has 0 fully saturated rings. The van der Waals surface area contributed by atoms with E-state index in [1.165, 1.54) is 0 Å². The molecule has 0 spiro atoms. The second-order valence-electron chi connectivity index (χ2n) is 4.46. The Labute approximate surface area is 110 Å². The van der Waals surface area contributed by atoms with Gasteiger partial charge in [0, 0.05) is 17.1 Å². The zero-order valence-electron chi connectivity index (χ0n) is 10.8. The number of H-pyrrole nitrogens is 1. The summed E-state index contributed by atoms with van der Waals surface area (Å²) < 4.78 is 7.12. The molecule has 3 aromatic rings. The molecular formula is C15H14N2O2. The van der Waals surface area contributed by atoms with Crippen molar-refractivity contribution in [1.29, 1.82) is 0 Å². The van der Waals surface area contributed by atoms with E-state index in [0.717, 1.165) is 27.9 Å². The molecule has 0 atom stereocenters. The molecule has 2 aromatic carbocycles. The smallest absolute Gasteiger partial charge is 0.264 e. The molecule has 0 bridgehead atoms. The van der Waals surface area contributed by atoms with Gasteiger partial charge in [0.05, 0.1) is 12.8 Å². The Bertz CT molecular complexity index is 799. The van der Waals surface area contributed by atoms with Gasteiger partial charge in [-0.3, -0.25) is 14.6 Å². The lowest BCUT2D eigenvalue weighted by atomic mass is 10.1. The highest BCUT2D eigenvalue weighted by atomic mass is 16.5. The summed E-state index contributed by atoms with van der Waals surface area (Å²) in [7, 11) is 1.66. The quantitative estimate of drug-likeness (QED) is 0.764. The third-order valence-corrected chi connectivity index (χ3v) is 3.22. The topological polar surface area (TPSA) is 47.0 Å². The number of hydrogen-bond acceptors (Lipinski definition) is 2. The molecule has 0 unspecified atom stereocenters. The normalized spacial score (nSPS) is 10.8. The third-order valence-electron chi connectivity index (χ3n) is 3.22. The van der Waals surface area contributed by atoms with E-state index in [-0.39, 0.29) is 5.56 Å². The van der Waals surface area contributed by atoms with Crippen LogP contribution in [0.15, 0.2) is 47.3 Å². The Morgan fingerprint density at radius 3 is 2.68 bits per heavy atom. The van der Waals surface area contributed by atoms with Crippen LogP contribution in [0.1, 0.15) is 5.69 Å². The van der Waals surface area contributed by atoms with Gasteiger partial charge in [-0.15, -0.1) is 0 Å². The van der Waals surface area contributed by atoms with Gasteiger partial charge in [-0.05, 0) is 36.6 Å². The lowest BCUT2D eigenvalue weighted by molar-refractivity contribution is 0.420. The minimum Gasteiger partial charge on any atom is -0.496 e. The first-order valence-electron chi connectivity index (χ1n) is 6.05. The first-order valence-corrected chi connectivity index (χ1v) is 6.05. The summed E-state index contributed by atoms with van der Waals surface area (Å²) in [6.45, 7) is 1.90. The average molecular weight is 254 g/mol. The van der Waals surface area contributed by atoms with Crippen LogP contribution in [0.4, 0.5) is 0 Å². The lowest BCUT2D eigenvalue weighted by Gasteiger charge is -2.09. The van der Waals surface area contributed by atoms with Gasteiger partial charge in [0.25, 0.3) is 5.56 Å². The average Bonchev–Trinajstić information content (AvgIpc) is 2.76. The zero-order valence-corrected chi connectivity index (χ0v) is 10.8. The van der Waals surface area contributed by atoms with Crippen molar-refractivity contribution in [3.63, 3.8) is 0 Å². The van der Waals surface area contributed by atoms with Crippen LogP contribution >= 0.6 is 0 Å². The standard InChI is InChI=1S/C15H14N2O2/c1-10-8-15(18)16-17(10)12-6-7-13-11(9-12)4-3-5-14(13)19-2/h3-9H,1-2H3,(H,16,18). The van der Waals surface area contributed by atoms with Crippen LogP contribution in [-0.2, 0) is 0 Å². The summed E-state index contributed by atoms with van der Waals surface area (Å²) in [5.41, 5.74) is 1.72. The number of rotatable bonds is 2. The van der Waals surface area contributed by atoms with Crippen LogP contribution in [-0.4, -0.2) is 16.9 Å². The Kier molecular flexibility index (Phi) is 2.63. The molecule has 0 aliphatic rings. The molecule has 0 aliphatic heterocycles. The van der Waals surface area contributed by atoms with Crippen molar-refractivity contribution in [3.05, 3.63) is 58.5 Å². The van der Waals surface area contributed by atoms with Crippen LogP contribution in [0.5, 0.6) is 5.75 Å². The summed E-state index contributed by atoms with van der Waals surface area (Å²) in [5, 5.41) is 4.91. The molecule has 0 radical (unpaired) electrons. The maximum absolute atomic E-state index is 11.4. The van der Waals surface area contributed by atoms with Crippen molar-refractivity contribution in [3.8, 4) is 11.4 Å². The fourth-order valence-electron chi connectivity index (χ4n) is 2.31. The van der Waals surface area contributed by atoms with Crippen molar-refractivity contribution in [1.82, 2.24) is 9.78 Å². The summed E-state index contributed by atoms with van der Waals surface area (Å²) >= 11 is 0. The van der Waals surface area contributed by atoms with Crippen LogP contribution in [0.25, 0.3) is 16.5 Å². The summed E-state index contributed by atoms with van der Waals surface area (Å²) in [6.07, 6.45) is 0. The van der Waals surface area contributed by atoms with E-state index < -0.39 is 0 Å². The highest BCUT2D eigenvalue weighted by Gasteiger charge is 2.05. The summed E-state index contributed by atoms with van der Waals surface area (Å²) in [4.78, 5) is 11.4. The van der Waals surface area contributed by atoms with Gasteiger partial charge in [-0.1, -0.05) is 12.1 Å². The lowest BCUT2D eigenvalue weighted by Crippen LogP contribution is -2.04. The summed E-state index contributed by atoms with van der Waals surface area (Å²) in [5.74, 6) is 0.849. The van der Waals surface area contributed by atoms with E-state index in [1.807, 2.05) is 43.3 Å². The molecule has 96 valence electrons. The fourth-order valence-corrected chi connectivity index (χ4v) is 2.31. The van der Waals surface area contributed by atoms with Crippen LogP contribution < -0.4 is 10.3 Å². The van der Waals surface area contributed by atoms with Crippen LogP contribution in [0.3, 0.4) is 0 Å². The molecule has 1 heterocycles. The van der Waals surface area contributed by atoms with E-state index in [9.17, 15) is 4.79 Å². The monoisotopic (exact) mass is 254 g/mol. The largest absolute Gasteiger partial charge is 0.496 e. The van der Waals surface area contributed by atoms with E-state index >= 15 is 0 Å². The number of nitrogens with zero attached hydrogens (tertiary/aromatic N) is 1. The van der Waals surface area contributed by atoms with Crippen molar-refractivity contribution < 1.29 is 4.74 Å². The third kappa shape index (κ3) is 1.91. The van der Waals surface area contributed by atoms with Crippen molar-refractivity contribution in [2.75, 3.05) is 7.11 Å². The van der Waals surface area contributed by atoms with Gasteiger partial charge in [0.1, 0.15) is 5.75 Å². The van der Waals surface area contributed by atoms with Gasteiger partial charge in [-0.2, -0.15) is 0 Å². The number of aryl methyl sites for hydroxylation is 1. The Balaban J connectivity index is 2.22. The van der Waals surface area contributed by atoms with Crippen molar-refractivity contribution in [2.45, 2.75) is 6.92 Å². The van der Waals surface area contributed by atoms with E-state index in [2.05, 4.69) is 5.10 Å². The molecular weight excluding hydrogens is 240 g/mol. The maximum Gasteiger partial charge on any atom is 0.264 e. The summed E-state index contributed by atoms with van der Waals surface area (Å²) in [6, 6.07) is 13.5. The van der Waals surface area contributed by atoms with Crippen molar-refractivity contribution >= 4 is 10.8 Å². The number of aromatic nitrogens is 2. The van der Waals surface area contributed by atoms with E-state index in [0.29, 0.717) is 0 Å².